The lowest BCUT2D eigenvalue weighted by molar-refractivity contribution is 0.0598. The number of hydrogen-bond acceptors (Lipinski definition) is 9. The van der Waals surface area contributed by atoms with Crippen molar-refractivity contribution in [2.75, 3.05) is 21.3 Å². The number of nitrogens with zero attached hydrogens (tertiary/aromatic N) is 3. The molecule has 1 aromatic carbocycles. The fourth-order valence-corrected chi connectivity index (χ4v) is 2.22. The summed E-state index contributed by atoms with van der Waals surface area (Å²) in [4.78, 5) is 20.4. The molecule has 2 aromatic heterocycles. The summed E-state index contributed by atoms with van der Waals surface area (Å²) in [6.07, 6.45) is 0. The van der Waals surface area contributed by atoms with E-state index >= 15 is 0 Å². The van der Waals surface area contributed by atoms with E-state index < -0.39 is 5.97 Å². The lowest BCUT2D eigenvalue weighted by Gasteiger charge is -2.10. The number of fused-ring (bicyclic) bond motifs is 1. The number of esters is 1. The molecule has 3 rings (SSSR count). The first-order chi connectivity index (χ1) is 12.1. The van der Waals surface area contributed by atoms with Crippen LogP contribution in [-0.2, 0) is 4.74 Å². The predicted molar refractivity (Wildman–Crippen MR) is 85.3 cm³/mol. The van der Waals surface area contributed by atoms with E-state index in [2.05, 4.69) is 15.1 Å². The van der Waals surface area contributed by atoms with Crippen LogP contribution in [0.4, 0.5) is 0 Å². The number of ether oxygens (including phenoxy) is 4. The van der Waals surface area contributed by atoms with Gasteiger partial charge in [-0.05, 0) is 19.1 Å². The quantitative estimate of drug-likeness (QED) is 0.645. The van der Waals surface area contributed by atoms with Crippen molar-refractivity contribution in [2.45, 2.75) is 6.92 Å². The van der Waals surface area contributed by atoms with Gasteiger partial charge in [0.05, 0.1) is 33.1 Å². The van der Waals surface area contributed by atoms with Gasteiger partial charge in [0.15, 0.2) is 5.58 Å². The van der Waals surface area contributed by atoms with Crippen LogP contribution in [0.15, 0.2) is 22.7 Å². The van der Waals surface area contributed by atoms with Crippen LogP contribution in [0, 0.1) is 6.92 Å². The van der Waals surface area contributed by atoms with Gasteiger partial charge in [-0.1, -0.05) is 5.16 Å². The van der Waals surface area contributed by atoms with Gasteiger partial charge in [0.1, 0.15) is 11.3 Å². The Morgan fingerprint density at radius 1 is 1.08 bits per heavy atom. The lowest BCUT2D eigenvalue weighted by Crippen LogP contribution is -2.06. The smallest absolute Gasteiger partial charge is 0.345 e. The third-order valence-electron chi connectivity index (χ3n) is 3.45. The van der Waals surface area contributed by atoms with Crippen LogP contribution in [0.3, 0.4) is 0 Å². The molecule has 2 heterocycles. The normalized spacial score (nSPS) is 10.6. The number of benzene rings is 1. The van der Waals surface area contributed by atoms with Gasteiger partial charge in [-0.25, -0.2) is 4.79 Å². The molecular weight excluding hydrogens is 330 g/mol. The first-order valence-corrected chi connectivity index (χ1v) is 7.19. The summed E-state index contributed by atoms with van der Waals surface area (Å²) in [7, 11) is 4.17. The Morgan fingerprint density at radius 2 is 1.76 bits per heavy atom. The summed E-state index contributed by atoms with van der Waals surface area (Å²) in [5.41, 5.74) is 0.994. The molecule has 0 spiro atoms. The summed E-state index contributed by atoms with van der Waals surface area (Å²) in [6.45, 7) is 1.77. The van der Waals surface area contributed by atoms with Gasteiger partial charge in [0.2, 0.25) is 11.8 Å². The lowest BCUT2D eigenvalue weighted by atomic mass is 10.1. The van der Waals surface area contributed by atoms with Crippen molar-refractivity contribution in [1.82, 2.24) is 15.1 Å². The maximum atomic E-state index is 12.2. The zero-order chi connectivity index (χ0) is 18.0. The molecule has 0 amide bonds. The zero-order valence-corrected chi connectivity index (χ0v) is 14.0. The minimum Gasteiger partial charge on any atom is -0.481 e. The highest BCUT2D eigenvalue weighted by Gasteiger charge is 2.23. The van der Waals surface area contributed by atoms with Gasteiger partial charge in [-0.3, -0.25) is 0 Å². The Morgan fingerprint density at radius 3 is 2.36 bits per heavy atom. The van der Waals surface area contributed by atoms with Gasteiger partial charge in [-0.15, -0.1) is 0 Å². The molecule has 0 aliphatic carbocycles. The largest absolute Gasteiger partial charge is 0.481 e. The first kappa shape index (κ1) is 16.5. The fourth-order valence-electron chi connectivity index (χ4n) is 2.22. The van der Waals surface area contributed by atoms with Crippen molar-refractivity contribution in [3.05, 3.63) is 29.5 Å². The van der Waals surface area contributed by atoms with Crippen LogP contribution >= 0.6 is 0 Å². The molecule has 0 aliphatic heterocycles. The SMILES string of the molecule is COC(=O)c1c(Oc2nc(OC)cc(OC)n2)ccc2c(C)noc12. The molecule has 0 fully saturated rings. The average molecular weight is 345 g/mol. The molecule has 130 valence electrons. The number of methoxy groups -OCH3 is 3. The Hall–Kier alpha value is -3.36. The highest BCUT2D eigenvalue weighted by Crippen LogP contribution is 2.33. The predicted octanol–water partition coefficient (Wildman–Crippen LogP) is 2.52. The molecule has 0 atom stereocenters. The molecule has 0 saturated carbocycles. The van der Waals surface area contributed by atoms with E-state index in [0.29, 0.717) is 11.1 Å². The van der Waals surface area contributed by atoms with Gasteiger partial charge in [0.25, 0.3) is 0 Å². The van der Waals surface area contributed by atoms with Crippen LogP contribution in [0.5, 0.6) is 23.5 Å². The van der Waals surface area contributed by atoms with Crippen molar-refractivity contribution in [2.24, 2.45) is 0 Å². The molecule has 9 nitrogen and oxygen atoms in total. The molecular formula is C16H15N3O6. The monoisotopic (exact) mass is 345 g/mol. The minimum atomic E-state index is -0.633. The van der Waals surface area contributed by atoms with Crippen LogP contribution in [0.2, 0.25) is 0 Å². The van der Waals surface area contributed by atoms with Crippen LogP contribution in [-0.4, -0.2) is 42.4 Å². The number of aryl methyl sites for hydroxylation is 1. The van der Waals surface area contributed by atoms with Crippen molar-refractivity contribution in [3.63, 3.8) is 0 Å². The Bertz CT molecular complexity index is 915. The standard InChI is InChI=1S/C16H15N3O6/c1-8-9-5-6-10(13(15(20)23-4)14(9)25-19-8)24-16-17-11(21-2)7-12(18-16)22-3/h5-7H,1-4H3. The van der Waals surface area contributed by atoms with Crippen LogP contribution in [0.1, 0.15) is 16.1 Å². The van der Waals surface area contributed by atoms with Gasteiger partial charge < -0.3 is 23.5 Å². The fraction of sp³-hybridized carbons (Fsp3) is 0.250. The molecule has 0 radical (unpaired) electrons. The molecule has 0 bridgehead atoms. The summed E-state index contributed by atoms with van der Waals surface area (Å²) in [5, 5.41) is 4.54. The highest BCUT2D eigenvalue weighted by atomic mass is 16.5. The zero-order valence-electron chi connectivity index (χ0n) is 14.0. The van der Waals surface area contributed by atoms with E-state index in [4.69, 9.17) is 23.5 Å². The Labute approximate surface area is 142 Å². The minimum absolute atomic E-state index is 0.0584. The second-order valence-electron chi connectivity index (χ2n) is 4.91. The van der Waals surface area contributed by atoms with Gasteiger partial charge in [0, 0.05) is 5.39 Å². The van der Waals surface area contributed by atoms with E-state index in [9.17, 15) is 4.79 Å². The van der Waals surface area contributed by atoms with E-state index in [1.165, 1.54) is 27.4 Å². The van der Waals surface area contributed by atoms with Crippen molar-refractivity contribution < 1.29 is 28.3 Å². The number of hydrogen-bond donors (Lipinski definition) is 0. The van der Waals surface area contributed by atoms with E-state index in [-0.39, 0.29) is 34.7 Å². The number of rotatable bonds is 5. The maximum Gasteiger partial charge on any atom is 0.345 e. The van der Waals surface area contributed by atoms with E-state index in [1.807, 2.05) is 0 Å². The number of carbonyl (C=O) groups excluding carboxylic acids is 1. The molecule has 3 aromatic rings. The molecule has 25 heavy (non-hydrogen) atoms. The highest BCUT2D eigenvalue weighted by molar-refractivity contribution is 6.05. The third kappa shape index (κ3) is 3.03. The summed E-state index contributed by atoms with van der Waals surface area (Å²) in [6, 6.07) is 4.75. The molecule has 9 heteroatoms. The first-order valence-electron chi connectivity index (χ1n) is 7.19. The molecule has 0 aliphatic rings. The number of aromatic nitrogens is 3. The van der Waals surface area contributed by atoms with Gasteiger partial charge >= 0.3 is 12.0 Å². The van der Waals surface area contributed by atoms with Crippen molar-refractivity contribution in [3.8, 4) is 23.5 Å². The van der Waals surface area contributed by atoms with Crippen molar-refractivity contribution >= 4 is 16.9 Å². The topological polar surface area (TPSA) is 106 Å². The second-order valence-corrected chi connectivity index (χ2v) is 4.91. The average Bonchev–Trinajstić information content (AvgIpc) is 3.01. The summed E-state index contributed by atoms with van der Waals surface area (Å²) in [5.74, 6) is 0.0218. The van der Waals surface area contributed by atoms with E-state index in [1.54, 1.807) is 19.1 Å². The van der Waals surface area contributed by atoms with Crippen LogP contribution in [0.25, 0.3) is 11.0 Å². The summed E-state index contributed by atoms with van der Waals surface area (Å²) < 4.78 is 25.9. The van der Waals surface area contributed by atoms with Crippen LogP contribution < -0.4 is 14.2 Å². The Balaban J connectivity index is 2.11. The second kappa shape index (κ2) is 6.63. The Kier molecular flexibility index (Phi) is 4.38. The van der Waals surface area contributed by atoms with Crippen molar-refractivity contribution in [1.29, 1.82) is 0 Å². The van der Waals surface area contributed by atoms with E-state index in [0.717, 1.165) is 0 Å². The molecule has 0 N–H and O–H groups in total. The summed E-state index contributed by atoms with van der Waals surface area (Å²) >= 11 is 0. The number of carbonyl (C=O) groups is 1. The third-order valence-corrected chi connectivity index (χ3v) is 3.45. The molecule has 0 saturated heterocycles. The van der Waals surface area contributed by atoms with Gasteiger partial charge in [-0.2, -0.15) is 9.97 Å². The maximum absolute atomic E-state index is 12.2. The molecule has 0 unspecified atom stereocenters.